The predicted molar refractivity (Wildman–Crippen MR) is 126 cm³/mol. The third-order valence-electron chi connectivity index (χ3n) is 5.77. The van der Waals surface area contributed by atoms with Gasteiger partial charge in [0.25, 0.3) is 5.91 Å². The van der Waals surface area contributed by atoms with Crippen molar-refractivity contribution in [3.05, 3.63) is 83.1 Å². The average molecular weight is 434 g/mol. The number of rotatable bonds is 8. The zero-order valence-corrected chi connectivity index (χ0v) is 18.7. The third-order valence-corrected chi connectivity index (χ3v) is 5.77. The molecule has 0 bridgehead atoms. The maximum atomic E-state index is 13.1. The van der Waals surface area contributed by atoms with Gasteiger partial charge in [0, 0.05) is 54.2 Å². The van der Waals surface area contributed by atoms with Gasteiger partial charge in [-0.2, -0.15) is 5.10 Å². The van der Waals surface area contributed by atoms with Gasteiger partial charge in [-0.3, -0.25) is 9.48 Å². The number of hydrogen-bond donors (Lipinski definition) is 2. The number of H-pyrrole nitrogens is 1. The first-order valence-corrected chi connectivity index (χ1v) is 10.7. The van der Waals surface area contributed by atoms with Crippen molar-refractivity contribution in [3.63, 3.8) is 0 Å². The lowest BCUT2D eigenvalue weighted by atomic mass is 10.1. The van der Waals surface area contributed by atoms with E-state index in [0.29, 0.717) is 5.56 Å². The Bertz CT molecular complexity index is 1230. The van der Waals surface area contributed by atoms with Crippen LogP contribution in [0.5, 0.6) is 0 Å². The molecular formula is C25H28FN5O. The van der Waals surface area contributed by atoms with Crippen LogP contribution < -0.4 is 5.32 Å². The molecule has 2 aromatic heterocycles. The summed E-state index contributed by atoms with van der Waals surface area (Å²) in [7, 11) is 4.07. The molecule has 0 atom stereocenters. The highest BCUT2D eigenvalue weighted by molar-refractivity contribution is 6.05. The summed E-state index contributed by atoms with van der Waals surface area (Å²) < 4.78 is 15.0. The summed E-state index contributed by atoms with van der Waals surface area (Å²) in [5, 5.41) is 8.26. The second kappa shape index (κ2) is 9.36. The van der Waals surface area contributed by atoms with Gasteiger partial charge in [0.15, 0.2) is 0 Å². The summed E-state index contributed by atoms with van der Waals surface area (Å²) in [6.45, 7) is 3.98. The van der Waals surface area contributed by atoms with Gasteiger partial charge in [-0.05, 0) is 80.4 Å². The van der Waals surface area contributed by atoms with E-state index in [1.54, 1.807) is 0 Å². The molecule has 2 N–H and O–H groups in total. The van der Waals surface area contributed by atoms with Crippen molar-refractivity contribution in [2.24, 2.45) is 7.05 Å². The maximum Gasteiger partial charge on any atom is 0.255 e. The molecule has 0 saturated heterocycles. The van der Waals surface area contributed by atoms with Crippen LogP contribution in [-0.4, -0.2) is 45.7 Å². The lowest BCUT2D eigenvalue weighted by molar-refractivity contribution is 0.102. The summed E-state index contributed by atoms with van der Waals surface area (Å²) in [6.07, 6.45) is 5.85. The third kappa shape index (κ3) is 5.06. The Morgan fingerprint density at radius 3 is 2.62 bits per heavy atom. The van der Waals surface area contributed by atoms with Crippen LogP contribution >= 0.6 is 0 Å². The molecule has 0 saturated carbocycles. The van der Waals surface area contributed by atoms with Crippen LogP contribution in [0.15, 0.2) is 54.9 Å². The van der Waals surface area contributed by atoms with Crippen molar-refractivity contribution in [1.82, 2.24) is 19.7 Å². The SMILES string of the molecule is Cc1[nH]c2ccc(NC(=O)c3ccc(F)cc3)cc2c1CCN(C)CCc1cnn(C)c1. The first kappa shape index (κ1) is 21.8. The summed E-state index contributed by atoms with van der Waals surface area (Å²) in [5.74, 6) is -0.617. The summed E-state index contributed by atoms with van der Waals surface area (Å²) in [4.78, 5) is 18.3. The predicted octanol–water partition coefficient (Wildman–Crippen LogP) is 4.32. The maximum absolute atomic E-state index is 13.1. The number of amides is 1. The van der Waals surface area contributed by atoms with E-state index in [4.69, 9.17) is 0 Å². The van der Waals surface area contributed by atoms with E-state index in [0.717, 1.165) is 48.2 Å². The summed E-state index contributed by atoms with van der Waals surface area (Å²) >= 11 is 0. The lowest BCUT2D eigenvalue weighted by Gasteiger charge is -2.16. The number of carbonyl (C=O) groups excluding carboxylic acids is 1. The molecule has 7 heteroatoms. The number of fused-ring (bicyclic) bond motifs is 1. The smallest absolute Gasteiger partial charge is 0.255 e. The molecule has 0 spiro atoms. The van der Waals surface area contributed by atoms with E-state index in [-0.39, 0.29) is 11.7 Å². The normalized spacial score (nSPS) is 11.4. The zero-order valence-electron chi connectivity index (χ0n) is 18.7. The molecule has 2 heterocycles. The van der Waals surface area contributed by atoms with Crippen molar-refractivity contribution in [1.29, 1.82) is 0 Å². The van der Waals surface area contributed by atoms with Gasteiger partial charge in [-0.15, -0.1) is 0 Å². The number of aromatic nitrogens is 3. The highest BCUT2D eigenvalue weighted by Gasteiger charge is 2.12. The standard InChI is InChI=1S/C25H28FN5O/c1-17-22(11-13-30(2)12-10-18-15-27-31(3)16-18)23-14-21(8-9-24(23)28-17)29-25(32)19-4-6-20(26)7-5-19/h4-9,14-16,28H,10-13H2,1-3H3,(H,29,32). The molecule has 0 aliphatic rings. The number of halogens is 1. The minimum absolute atomic E-state index is 0.256. The minimum Gasteiger partial charge on any atom is -0.358 e. The topological polar surface area (TPSA) is 66.0 Å². The average Bonchev–Trinajstić information content (AvgIpc) is 3.33. The number of nitrogens with zero attached hydrogens (tertiary/aromatic N) is 3. The molecule has 0 aliphatic heterocycles. The Morgan fingerprint density at radius 1 is 1.16 bits per heavy atom. The molecule has 0 fully saturated rings. The Balaban J connectivity index is 1.42. The van der Waals surface area contributed by atoms with Gasteiger partial charge in [0.05, 0.1) is 6.20 Å². The molecular weight excluding hydrogens is 405 g/mol. The molecule has 1 amide bonds. The van der Waals surface area contributed by atoms with Crippen LogP contribution in [0.3, 0.4) is 0 Å². The van der Waals surface area contributed by atoms with Crippen molar-refractivity contribution >= 4 is 22.5 Å². The lowest BCUT2D eigenvalue weighted by Crippen LogP contribution is -2.23. The van der Waals surface area contributed by atoms with Crippen LogP contribution in [0.25, 0.3) is 10.9 Å². The summed E-state index contributed by atoms with van der Waals surface area (Å²) in [5.41, 5.74) is 5.83. The molecule has 4 aromatic rings. The highest BCUT2D eigenvalue weighted by Crippen LogP contribution is 2.26. The number of aromatic amines is 1. The van der Waals surface area contributed by atoms with Crippen molar-refractivity contribution in [2.45, 2.75) is 19.8 Å². The number of nitrogens with one attached hydrogen (secondary N) is 2. The van der Waals surface area contributed by atoms with Gasteiger partial charge >= 0.3 is 0 Å². The fourth-order valence-corrected chi connectivity index (χ4v) is 3.92. The number of benzene rings is 2. The Labute approximate surface area is 187 Å². The van der Waals surface area contributed by atoms with Gasteiger partial charge in [-0.1, -0.05) is 0 Å². The van der Waals surface area contributed by atoms with Crippen molar-refractivity contribution in [2.75, 3.05) is 25.5 Å². The first-order chi connectivity index (χ1) is 15.4. The van der Waals surface area contributed by atoms with Crippen LogP contribution in [0.2, 0.25) is 0 Å². The second-order valence-corrected chi connectivity index (χ2v) is 8.28. The van der Waals surface area contributed by atoms with Gasteiger partial charge in [0.1, 0.15) is 5.82 Å². The zero-order chi connectivity index (χ0) is 22.7. The molecule has 2 aromatic carbocycles. The molecule has 0 aliphatic carbocycles. The number of hydrogen-bond acceptors (Lipinski definition) is 3. The van der Waals surface area contributed by atoms with Gasteiger partial charge in [0.2, 0.25) is 0 Å². The van der Waals surface area contributed by atoms with Gasteiger partial charge in [-0.25, -0.2) is 4.39 Å². The van der Waals surface area contributed by atoms with Crippen LogP contribution in [0.1, 0.15) is 27.2 Å². The van der Waals surface area contributed by atoms with E-state index >= 15 is 0 Å². The number of likely N-dealkylation sites (N-methyl/N-ethyl adjacent to an activating group) is 1. The van der Waals surface area contributed by atoms with Crippen molar-refractivity contribution < 1.29 is 9.18 Å². The largest absolute Gasteiger partial charge is 0.358 e. The second-order valence-electron chi connectivity index (χ2n) is 8.28. The molecule has 166 valence electrons. The number of aryl methyl sites for hydroxylation is 2. The molecule has 0 radical (unpaired) electrons. The number of anilines is 1. The molecule has 0 unspecified atom stereocenters. The van der Waals surface area contributed by atoms with Crippen molar-refractivity contribution in [3.8, 4) is 0 Å². The summed E-state index contributed by atoms with van der Waals surface area (Å²) in [6, 6.07) is 11.4. The Hall–Kier alpha value is -3.45. The molecule has 32 heavy (non-hydrogen) atoms. The van der Waals surface area contributed by atoms with Crippen LogP contribution in [-0.2, 0) is 19.9 Å². The van der Waals surface area contributed by atoms with Crippen LogP contribution in [0.4, 0.5) is 10.1 Å². The fraction of sp³-hybridized carbons (Fsp3) is 0.280. The van der Waals surface area contributed by atoms with Crippen LogP contribution in [0, 0.1) is 12.7 Å². The minimum atomic E-state index is -0.360. The van der Waals surface area contributed by atoms with E-state index in [1.807, 2.05) is 36.1 Å². The Morgan fingerprint density at radius 2 is 1.91 bits per heavy atom. The van der Waals surface area contributed by atoms with E-state index in [1.165, 1.54) is 35.4 Å². The first-order valence-electron chi connectivity index (χ1n) is 10.7. The molecule has 6 nitrogen and oxygen atoms in total. The monoisotopic (exact) mass is 433 g/mol. The Kier molecular flexibility index (Phi) is 6.37. The number of carbonyl (C=O) groups is 1. The van der Waals surface area contributed by atoms with E-state index < -0.39 is 0 Å². The molecule has 4 rings (SSSR count). The fourth-order valence-electron chi connectivity index (χ4n) is 3.92. The van der Waals surface area contributed by atoms with E-state index in [9.17, 15) is 9.18 Å². The van der Waals surface area contributed by atoms with Gasteiger partial charge < -0.3 is 15.2 Å². The highest BCUT2D eigenvalue weighted by atomic mass is 19.1. The van der Waals surface area contributed by atoms with E-state index in [2.05, 4.69) is 40.5 Å². The quantitative estimate of drug-likeness (QED) is 0.435.